The number of ether oxygens (including phenoxy) is 1. The fourth-order valence-electron chi connectivity index (χ4n) is 0.879. The largest absolute Gasteiger partial charge is 0.469 e. The second-order valence-electron chi connectivity index (χ2n) is 2.67. The first kappa shape index (κ1) is 11.8. The summed E-state index contributed by atoms with van der Waals surface area (Å²) in [6.07, 6.45) is 3.69. The molecule has 1 aromatic heterocycles. The van der Waals surface area contributed by atoms with Crippen molar-refractivity contribution in [1.29, 1.82) is 0 Å². The lowest BCUT2D eigenvalue weighted by atomic mass is 10.5. The summed E-state index contributed by atoms with van der Waals surface area (Å²) >= 11 is 1.48. The predicted molar refractivity (Wildman–Crippen MR) is 58.9 cm³/mol. The summed E-state index contributed by atoms with van der Waals surface area (Å²) in [4.78, 5) is 19.1. The standard InChI is InChI=1S/C9H13N3O2S/c1-10-7-5-11-6-8(12-7)15-4-3-9(13)14-2/h5-6H,3-4H2,1-2H3,(H,10,12). The third kappa shape index (κ3) is 4.16. The van der Waals surface area contributed by atoms with Crippen molar-refractivity contribution in [2.75, 3.05) is 25.2 Å². The zero-order valence-corrected chi connectivity index (χ0v) is 9.50. The van der Waals surface area contributed by atoms with Gasteiger partial charge in [-0.1, -0.05) is 0 Å². The highest BCUT2D eigenvalue weighted by molar-refractivity contribution is 7.99. The van der Waals surface area contributed by atoms with Crippen LogP contribution in [0.4, 0.5) is 5.82 Å². The summed E-state index contributed by atoms with van der Waals surface area (Å²) in [5, 5.41) is 3.70. The first-order valence-corrected chi connectivity index (χ1v) is 5.44. The number of methoxy groups -OCH3 is 1. The van der Waals surface area contributed by atoms with Gasteiger partial charge in [0.25, 0.3) is 0 Å². The number of thioether (sulfide) groups is 1. The molecule has 6 heteroatoms. The molecule has 1 heterocycles. The minimum Gasteiger partial charge on any atom is -0.469 e. The number of nitrogens with one attached hydrogen (secondary N) is 1. The van der Waals surface area contributed by atoms with Crippen molar-refractivity contribution in [3.63, 3.8) is 0 Å². The Morgan fingerprint density at radius 3 is 3.07 bits per heavy atom. The van der Waals surface area contributed by atoms with Crippen LogP contribution in [0.1, 0.15) is 6.42 Å². The van der Waals surface area contributed by atoms with Crippen molar-refractivity contribution in [1.82, 2.24) is 9.97 Å². The molecule has 0 aliphatic heterocycles. The summed E-state index contributed by atoms with van der Waals surface area (Å²) in [5.41, 5.74) is 0. The van der Waals surface area contributed by atoms with Crippen LogP contribution in [0.5, 0.6) is 0 Å². The smallest absolute Gasteiger partial charge is 0.306 e. The number of aromatic nitrogens is 2. The molecule has 0 aliphatic rings. The number of esters is 1. The molecule has 0 spiro atoms. The lowest BCUT2D eigenvalue weighted by Gasteiger charge is -2.02. The van der Waals surface area contributed by atoms with Gasteiger partial charge in [-0.05, 0) is 0 Å². The van der Waals surface area contributed by atoms with Crippen LogP contribution in [0, 0.1) is 0 Å². The van der Waals surface area contributed by atoms with E-state index < -0.39 is 0 Å². The molecule has 0 atom stereocenters. The SMILES string of the molecule is CNc1cncc(SCCC(=O)OC)n1. The summed E-state index contributed by atoms with van der Waals surface area (Å²) in [6.45, 7) is 0. The number of rotatable bonds is 5. The molecule has 82 valence electrons. The molecule has 0 aromatic carbocycles. The van der Waals surface area contributed by atoms with Gasteiger partial charge in [0.1, 0.15) is 10.8 Å². The molecule has 5 nitrogen and oxygen atoms in total. The first-order chi connectivity index (χ1) is 7.26. The van der Waals surface area contributed by atoms with Gasteiger partial charge in [-0.15, -0.1) is 11.8 Å². The van der Waals surface area contributed by atoms with Gasteiger partial charge >= 0.3 is 5.97 Å². The monoisotopic (exact) mass is 227 g/mol. The highest BCUT2D eigenvalue weighted by atomic mass is 32.2. The normalized spacial score (nSPS) is 9.73. The molecule has 0 saturated heterocycles. The molecule has 15 heavy (non-hydrogen) atoms. The first-order valence-electron chi connectivity index (χ1n) is 4.45. The second kappa shape index (κ2) is 6.23. The van der Waals surface area contributed by atoms with Crippen molar-refractivity contribution in [2.24, 2.45) is 0 Å². The Morgan fingerprint density at radius 2 is 2.40 bits per heavy atom. The highest BCUT2D eigenvalue weighted by Crippen LogP contribution is 2.16. The highest BCUT2D eigenvalue weighted by Gasteiger charge is 2.02. The van der Waals surface area contributed by atoms with E-state index in [0.717, 1.165) is 10.8 Å². The van der Waals surface area contributed by atoms with Crippen LogP contribution in [0.2, 0.25) is 0 Å². The molecule has 0 unspecified atom stereocenters. The number of carbonyl (C=O) groups excluding carboxylic acids is 1. The molecule has 0 aliphatic carbocycles. The van der Waals surface area contributed by atoms with Crippen molar-refractivity contribution >= 4 is 23.5 Å². The molecule has 1 N–H and O–H groups in total. The van der Waals surface area contributed by atoms with Crippen molar-refractivity contribution in [3.05, 3.63) is 12.4 Å². The van der Waals surface area contributed by atoms with Gasteiger partial charge in [-0.25, -0.2) is 4.98 Å². The number of anilines is 1. The molecule has 0 radical (unpaired) electrons. The predicted octanol–water partition coefficient (Wildman–Crippen LogP) is 1.17. The van der Waals surface area contributed by atoms with Gasteiger partial charge in [0.05, 0.1) is 25.9 Å². The van der Waals surface area contributed by atoms with E-state index in [1.807, 2.05) is 0 Å². The van der Waals surface area contributed by atoms with Crippen LogP contribution < -0.4 is 5.32 Å². The third-order valence-corrected chi connectivity index (χ3v) is 2.55. The quantitative estimate of drug-likeness (QED) is 0.602. The Bertz CT molecular complexity index is 333. The fraction of sp³-hybridized carbons (Fsp3) is 0.444. The number of carbonyl (C=O) groups is 1. The fourth-order valence-corrected chi connectivity index (χ4v) is 1.66. The molecule has 0 saturated carbocycles. The van der Waals surface area contributed by atoms with E-state index in [2.05, 4.69) is 20.0 Å². The molecule has 1 aromatic rings. The molecule has 0 bridgehead atoms. The van der Waals surface area contributed by atoms with E-state index >= 15 is 0 Å². The molecule has 1 rings (SSSR count). The van der Waals surface area contributed by atoms with Crippen molar-refractivity contribution in [2.45, 2.75) is 11.4 Å². The maximum Gasteiger partial charge on any atom is 0.306 e. The maximum absolute atomic E-state index is 10.8. The van der Waals surface area contributed by atoms with Crippen LogP contribution in [-0.4, -0.2) is 35.8 Å². The Morgan fingerprint density at radius 1 is 1.60 bits per heavy atom. The Kier molecular flexibility index (Phi) is 4.89. The third-order valence-electron chi connectivity index (χ3n) is 1.65. The lowest BCUT2D eigenvalue weighted by Crippen LogP contribution is -2.01. The van der Waals surface area contributed by atoms with Gasteiger partial charge in [0, 0.05) is 12.8 Å². The Balaban J connectivity index is 2.40. The van der Waals surface area contributed by atoms with E-state index in [-0.39, 0.29) is 5.97 Å². The molecular formula is C9H13N3O2S. The zero-order valence-electron chi connectivity index (χ0n) is 8.69. The summed E-state index contributed by atoms with van der Waals surface area (Å²) in [6, 6.07) is 0. The van der Waals surface area contributed by atoms with E-state index in [9.17, 15) is 4.79 Å². The van der Waals surface area contributed by atoms with Crippen LogP contribution in [0.25, 0.3) is 0 Å². The van der Waals surface area contributed by atoms with Gasteiger partial charge < -0.3 is 10.1 Å². The molecule has 0 amide bonds. The lowest BCUT2D eigenvalue weighted by molar-refractivity contribution is -0.140. The van der Waals surface area contributed by atoms with E-state index in [1.165, 1.54) is 18.9 Å². The van der Waals surface area contributed by atoms with E-state index in [1.54, 1.807) is 19.4 Å². The number of hydrogen-bond donors (Lipinski definition) is 1. The van der Waals surface area contributed by atoms with E-state index in [4.69, 9.17) is 0 Å². The van der Waals surface area contributed by atoms with Crippen molar-refractivity contribution in [3.8, 4) is 0 Å². The van der Waals surface area contributed by atoms with Gasteiger partial charge in [-0.3, -0.25) is 9.78 Å². The average molecular weight is 227 g/mol. The number of hydrogen-bond acceptors (Lipinski definition) is 6. The molecular weight excluding hydrogens is 214 g/mol. The number of nitrogens with zero attached hydrogens (tertiary/aromatic N) is 2. The van der Waals surface area contributed by atoms with Crippen LogP contribution in [0.3, 0.4) is 0 Å². The Hall–Kier alpha value is -1.30. The van der Waals surface area contributed by atoms with Gasteiger partial charge in [0.15, 0.2) is 0 Å². The minimum absolute atomic E-state index is 0.208. The van der Waals surface area contributed by atoms with Crippen LogP contribution >= 0.6 is 11.8 Å². The summed E-state index contributed by atoms with van der Waals surface area (Å²) in [5.74, 6) is 1.16. The minimum atomic E-state index is -0.208. The Labute approximate surface area is 92.6 Å². The maximum atomic E-state index is 10.8. The van der Waals surface area contributed by atoms with E-state index in [0.29, 0.717) is 12.2 Å². The summed E-state index contributed by atoms with van der Waals surface area (Å²) < 4.78 is 4.53. The second-order valence-corrected chi connectivity index (χ2v) is 3.78. The topological polar surface area (TPSA) is 64.1 Å². The van der Waals surface area contributed by atoms with Gasteiger partial charge in [0.2, 0.25) is 0 Å². The van der Waals surface area contributed by atoms with Crippen molar-refractivity contribution < 1.29 is 9.53 Å². The van der Waals surface area contributed by atoms with Gasteiger partial charge in [-0.2, -0.15) is 0 Å². The zero-order chi connectivity index (χ0) is 11.1. The molecule has 0 fully saturated rings. The van der Waals surface area contributed by atoms with Crippen LogP contribution in [-0.2, 0) is 9.53 Å². The average Bonchev–Trinajstić information content (AvgIpc) is 2.29. The van der Waals surface area contributed by atoms with Crippen LogP contribution in [0.15, 0.2) is 17.4 Å². The summed E-state index contributed by atoms with van der Waals surface area (Å²) in [7, 11) is 3.17.